The second-order valence-corrected chi connectivity index (χ2v) is 8.09. The van der Waals surface area contributed by atoms with Crippen LogP contribution in [0.2, 0.25) is 0 Å². The van der Waals surface area contributed by atoms with Gasteiger partial charge >= 0.3 is 0 Å². The number of halogens is 1. The Bertz CT molecular complexity index is 778. The Labute approximate surface area is 130 Å². The van der Waals surface area contributed by atoms with E-state index in [4.69, 9.17) is 5.26 Å². The number of hydrogen-bond donors (Lipinski definition) is 0. The molecule has 2 rings (SSSR count). The molecule has 6 heteroatoms. The van der Waals surface area contributed by atoms with Crippen LogP contribution < -0.4 is 0 Å². The van der Waals surface area contributed by atoms with Crippen LogP contribution >= 0.6 is 27.7 Å². The Kier molecular flexibility index (Phi) is 4.53. The van der Waals surface area contributed by atoms with E-state index in [1.54, 1.807) is 36.4 Å². The van der Waals surface area contributed by atoms with Gasteiger partial charge in [0.05, 0.1) is 16.5 Å². The van der Waals surface area contributed by atoms with Gasteiger partial charge in [-0.2, -0.15) is 5.26 Å². The Morgan fingerprint density at radius 3 is 2.30 bits per heavy atom. The zero-order valence-electron chi connectivity index (χ0n) is 10.5. The molecular weight excluding hydrogens is 358 g/mol. The van der Waals surface area contributed by atoms with Gasteiger partial charge in [0, 0.05) is 20.5 Å². The first kappa shape index (κ1) is 15.1. The summed E-state index contributed by atoms with van der Waals surface area (Å²) in [7, 11) is -3.16. The molecule has 0 saturated carbocycles. The highest BCUT2D eigenvalue weighted by Gasteiger charge is 2.08. The molecule has 0 amide bonds. The maximum Gasteiger partial charge on any atom is 0.175 e. The van der Waals surface area contributed by atoms with Gasteiger partial charge in [0.25, 0.3) is 0 Å². The van der Waals surface area contributed by atoms with Gasteiger partial charge in [0.15, 0.2) is 9.84 Å². The Hall–Kier alpha value is -1.29. The van der Waals surface area contributed by atoms with Gasteiger partial charge in [-0.25, -0.2) is 8.42 Å². The lowest BCUT2D eigenvalue weighted by molar-refractivity contribution is 0.602. The summed E-state index contributed by atoms with van der Waals surface area (Å²) in [6.07, 6.45) is 1.19. The highest BCUT2D eigenvalue weighted by molar-refractivity contribution is 9.10. The van der Waals surface area contributed by atoms with Crippen molar-refractivity contribution in [3.05, 3.63) is 52.5 Å². The first-order chi connectivity index (χ1) is 9.40. The zero-order chi connectivity index (χ0) is 14.8. The summed E-state index contributed by atoms with van der Waals surface area (Å²) in [5.41, 5.74) is 0.591. The lowest BCUT2D eigenvalue weighted by Gasteiger charge is -2.05. The highest BCUT2D eigenvalue weighted by Crippen LogP contribution is 2.34. The molecule has 0 aliphatic rings. The normalized spacial score (nSPS) is 11.1. The molecule has 0 aliphatic heterocycles. The minimum absolute atomic E-state index is 0.306. The summed E-state index contributed by atoms with van der Waals surface area (Å²) in [5, 5.41) is 8.81. The van der Waals surface area contributed by atoms with Crippen molar-refractivity contribution in [3.63, 3.8) is 0 Å². The standard InChI is InChI=1S/C14H10BrNO2S2/c1-20(17,18)12-5-3-11(4-6-12)19-14-7-2-10(9-16)8-13(14)15/h2-8H,1H3. The van der Waals surface area contributed by atoms with Gasteiger partial charge in [-0.15, -0.1) is 0 Å². The van der Waals surface area contributed by atoms with Crippen molar-refractivity contribution < 1.29 is 8.42 Å². The average molecular weight is 368 g/mol. The molecule has 2 aromatic carbocycles. The first-order valence-corrected chi connectivity index (χ1v) is 9.08. The van der Waals surface area contributed by atoms with Crippen LogP contribution in [0, 0.1) is 11.3 Å². The third kappa shape index (κ3) is 3.63. The maximum atomic E-state index is 11.4. The van der Waals surface area contributed by atoms with Crippen LogP contribution in [0.1, 0.15) is 5.56 Å². The molecule has 102 valence electrons. The maximum absolute atomic E-state index is 11.4. The molecule has 0 saturated heterocycles. The number of hydrogen-bond acceptors (Lipinski definition) is 4. The Balaban J connectivity index is 2.25. The molecule has 0 fully saturated rings. The van der Waals surface area contributed by atoms with Crippen molar-refractivity contribution in [2.75, 3.05) is 6.26 Å². The van der Waals surface area contributed by atoms with Crippen molar-refractivity contribution >= 4 is 37.5 Å². The highest BCUT2D eigenvalue weighted by atomic mass is 79.9. The van der Waals surface area contributed by atoms with E-state index in [2.05, 4.69) is 22.0 Å². The third-order valence-electron chi connectivity index (χ3n) is 2.54. The van der Waals surface area contributed by atoms with Crippen LogP contribution in [0.25, 0.3) is 0 Å². The smallest absolute Gasteiger partial charge is 0.175 e. The fraction of sp³-hybridized carbons (Fsp3) is 0.0714. The predicted molar refractivity (Wildman–Crippen MR) is 82.5 cm³/mol. The van der Waals surface area contributed by atoms with Crippen LogP contribution in [0.4, 0.5) is 0 Å². The molecule has 0 aliphatic carbocycles. The monoisotopic (exact) mass is 367 g/mol. The van der Waals surface area contributed by atoms with Gasteiger partial charge in [0.1, 0.15) is 0 Å². The van der Waals surface area contributed by atoms with Crippen LogP contribution in [-0.4, -0.2) is 14.7 Å². The molecule has 2 aromatic rings. The van der Waals surface area contributed by atoms with E-state index in [0.717, 1.165) is 14.3 Å². The summed E-state index contributed by atoms with van der Waals surface area (Å²) >= 11 is 4.93. The number of rotatable bonds is 3. The van der Waals surface area contributed by atoms with E-state index in [1.165, 1.54) is 18.0 Å². The van der Waals surface area contributed by atoms with E-state index >= 15 is 0 Å². The lowest BCUT2D eigenvalue weighted by Crippen LogP contribution is -1.95. The Morgan fingerprint density at radius 1 is 1.15 bits per heavy atom. The summed E-state index contributed by atoms with van der Waals surface area (Å²) in [5.74, 6) is 0. The van der Waals surface area contributed by atoms with Crippen LogP contribution in [0.15, 0.2) is 61.6 Å². The van der Waals surface area contributed by atoms with Crippen molar-refractivity contribution in [2.24, 2.45) is 0 Å². The van der Waals surface area contributed by atoms with Crippen molar-refractivity contribution in [1.29, 1.82) is 5.26 Å². The fourth-order valence-electron chi connectivity index (χ4n) is 1.54. The van der Waals surface area contributed by atoms with Crippen molar-refractivity contribution in [2.45, 2.75) is 14.7 Å². The second kappa shape index (κ2) is 6.00. The quantitative estimate of drug-likeness (QED) is 0.825. The minimum Gasteiger partial charge on any atom is -0.224 e. The number of benzene rings is 2. The van der Waals surface area contributed by atoms with Gasteiger partial charge < -0.3 is 0 Å². The van der Waals surface area contributed by atoms with E-state index < -0.39 is 9.84 Å². The SMILES string of the molecule is CS(=O)(=O)c1ccc(Sc2ccc(C#N)cc2Br)cc1. The number of sulfone groups is 1. The number of nitriles is 1. The summed E-state index contributed by atoms with van der Waals surface area (Å²) in [6.45, 7) is 0. The largest absolute Gasteiger partial charge is 0.224 e. The molecule has 0 radical (unpaired) electrons. The zero-order valence-corrected chi connectivity index (χ0v) is 13.7. The van der Waals surface area contributed by atoms with Crippen LogP contribution in [0.5, 0.6) is 0 Å². The third-order valence-corrected chi connectivity index (χ3v) is 5.67. The van der Waals surface area contributed by atoms with Crippen LogP contribution in [0.3, 0.4) is 0 Å². The van der Waals surface area contributed by atoms with Gasteiger partial charge in [0.2, 0.25) is 0 Å². The molecule has 3 nitrogen and oxygen atoms in total. The van der Waals surface area contributed by atoms with Crippen molar-refractivity contribution in [3.8, 4) is 6.07 Å². The van der Waals surface area contributed by atoms with E-state index in [-0.39, 0.29) is 0 Å². The summed E-state index contributed by atoms with van der Waals surface area (Å²) < 4.78 is 23.6. The first-order valence-electron chi connectivity index (χ1n) is 5.58. The number of nitrogens with zero attached hydrogens (tertiary/aromatic N) is 1. The fourth-order valence-corrected chi connectivity index (χ4v) is 3.61. The molecule has 0 aromatic heterocycles. The lowest BCUT2D eigenvalue weighted by atomic mass is 10.2. The minimum atomic E-state index is -3.16. The summed E-state index contributed by atoms with van der Waals surface area (Å²) in [4.78, 5) is 2.21. The molecular formula is C14H10BrNO2S2. The summed E-state index contributed by atoms with van der Waals surface area (Å²) in [6, 6.07) is 14.2. The van der Waals surface area contributed by atoms with Gasteiger partial charge in [-0.05, 0) is 58.4 Å². The van der Waals surface area contributed by atoms with Crippen LogP contribution in [-0.2, 0) is 9.84 Å². The molecule has 20 heavy (non-hydrogen) atoms. The average Bonchev–Trinajstić information content (AvgIpc) is 2.40. The van der Waals surface area contributed by atoms with Gasteiger partial charge in [-0.3, -0.25) is 0 Å². The van der Waals surface area contributed by atoms with Crippen molar-refractivity contribution in [1.82, 2.24) is 0 Å². The molecule has 0 atom stereocenters. The molecule has 0 spiro atoms. The molecule has 0 bridgehead atoms. The second-order valence-electron chi connectivity index (χ2n) is 4.10. The molecule has 0 N–H and O–H groups in total. The predicted octanol–water partition coefficient (Wildman–Crippen LogP) is 3.88. The molecule has 0 heterocycles. The van der Waals surface area contributed by atoms with E-state index in [0.29, 0.717) is 10.5 Å². The topological polar surface area (TPSA) is 57.9 Å². The molecule has 0 unspecified atom stereocenters. The van der Waals surface area contributed by atoms with E-state index in [9.17, 15) is 8.42 Å². The van der Waals surface area contributed by atoms with Gasteiger partial charge in [-0.1, -0.05) is 11.8 Å². The van der Waals surface area contributed by atoms with E-state index in [1.807, 2.05) is 6.07 Å². The Morgan fingerprint density at radius 2 is 1.80 bits per heavy atom.